The van der Waals surface area contributed by atoms with Gasteiger partial charge in [-0.3, -0.25) is 4.79 Å². The third-order valence-corrected chi connectivity index (χ3v) is 6.61. The van der Waals surface area contributed by atoms with Crippen LogP contribution in [0.15, 0.2) is 22.7 Å². The molecule has 0 radical (unpaired) electrons. The number of carbonyl (C=O) groups excluding carboxylic acids is 1. The Kier molecular flexibility index (Phi) is 9.39. The SMILES string of the molecule is CCc1cc(-c2nc(-c3cc(C)c(OC[C@@H](O)CNC(=O)CO)c(CC)c3)no2)sc1CN(C)C. The normalized spacial score (nSPS) is 12.2. The number of hydrogen-bond acceptors (Lipinski definition) is 9. The van der Waals surface area contributed by atoms with E-state index in [1.165, 1.54) is 10.4 Å². The maximum absolute atomic E-state index is 11.2. The van der Waals surface area contributed by atoms with Crippen molar-refractivity contribution < 1.29 is 24.3 Å². The molecule has 0 spiro atoms. The van der Waals surface area contributed by atoms with Gasteiger partial charge in [0.1, 0.15) is 25.1 Å². The Balaban J connectivity index is 1.78. The van der Waals surface area contributed by atoms with Gasteiger partial charge in [0.05, 0.1) is 4.88 Å². The number of carbonyl (C=O) groups is 1. The largest absolute Gasteiger partial charge is 0.490 e. The minimum atomic E-state index is -0.898. The second-order valence-electron chi connectivity index (χ2n) is 8.64. The number of ether oxygens (including phenoxy) is 1. The summed E-state index contributed by atoms with van der Waals surface area (Å²) in [5.41, 5.74) is 3.96. The number of hydrogen-bond donors (Lipinski definition) is 3. The molecular weight excluding hydrogens is 468 g/mol. The number of rotatable bonds is 12. The molecule has 2 heterocycles. The van der Waals surface area contributed by atoms with Crippen LogP contribution in [0, 0.1) is 6.92 Å². The van der Waals surface area contributed by atoms with Gasteiger partial charge in [0, 0.05) is 23.5 Å². The third kappa shape index (κ3) is 6.88. The predicted molar refractivity (Wildman–Crippen MR) is 136 cm³/mol. The molecule has 0 saturated carbocycles. The molecule has 0 unspecified atom stereocenters. The number of aryl methyl sites for hydroxylation is 3. The number of aliphatic hydroxyl groups excluding tert-OH is 2. The molecule has 10 heteroatoms. The average Bonchev–Trinajstić information content (AvgIpc) is 3.48. The van der Waals surface area contributed by atoms with Gasteiger partial charge in [-0.05, 0) is 68.8 Å². The molecular formula is C25H34N4O5S. The summed E-state index contributed by atoms with van der Waals surface area (Å²) >= 11 is 1.68. The lowest BCUT2D eigenvalue weighted by Crippen LogP contribution is -2.36. The zero-order valence-electron chi connectivity index (χ0n) is 20.9. The van der Waals surface area contributed by atoms with Crippen molar-refractivity contribution >= 4 is 17.2 Å². The molecule has 3 N–H and O–H groups in total. The minimum Gasteiger partial charge on any atom is -0.490 e. The van der Waals surface area contributed by atoms with E-state index >= 15 is 0 Å². The molecule has 35 heavy (non-hydrogen) atoms. The van der Waals surface area contributed by atoms with Gasteiger partial charge in [-0.15, -0.1) is 11.3 Å². The lowest BCUT2D eigenvalue weighted by Gasteiger charge is -2.17. The standard InChI is InChI=1S/C25H34N4O5S/c1-6-16-10-20(35-21(16)12-29(4)5)25-27-24(28-34-25)18-8-15(3)23(17(7-2)9-18)33-14-19(31)11-26-22(32)13-30/h8-10,19,30-31H,6-7,11-14H2,1-5H3,(H,26,32)/t19-/m0/s1. The van der Waals surface area contributed by atoms with Crippen LogP contribution in [0.2, 0.25) is 0 Å². The van der Waals surface area contributed by atoms with Gasteiger partial charge in [0.2, 0.25) is 11.7 Å². The van der Waals surface area contributed by atoms with Crippen LogP contribution in [0.1, 0.15) is 35.4 Å². The topological polar surface area (TPSA) is 121 Å². The summed E-state index contributed by atoms with van der Waals surface area (Å²) in [4.78, 5) is 20.2. The molecule has 3 rings (SSSR count). The van der Waals surface area contributed by atoms with Gasteiger partial charge in [-0.1, -0.05) is 19.0 Å². The summed E-state index contributed by atoms with van der Waals surface area (Å²) < 4.78 is 11.5. The van der Waals surface area contributed by atoms with Gasteiger partial charge >= 0.3 is 0 Å². The third-order valence-electron chi connectivity index (χ3n) is 5.46. The molecule has 0 fully saturated rings. The van der Waals surface area contributed by atoms with E-state index in [1.807, 2.05) is 26.0 Å². The fourth-order valence-corrected chi connectivity index (χ4v) is 5.00. The van der Waals surface area contributed by atoms with Crippen molar-refractivity contribution in [3.05, 3.63) is 39.8 Å². The first-order valence-corrected chi connectivity index (χ1v) is 12.5. The Labute approximate surface area is 209 Å². The highest BCUT2D eigenvalue weighted by Crippen LogP contribution is 2.34. The first-order valence-electron chi connectivity index (χ1n) is 11.7. The van der Waals surface area contributed by atoms with Crippen molar-refractivity contribution in [3.8, 4) is 27.9 Å². The molecule has 3 aromatic rings. The highest BCUT2D eigenvalue weighted by Gasteiger charge is 2.18. The van der Waals surface area contributed by atoms with Gasteiger partial charge in [-0.25, -0.2) is 0 Å². The van der Waals surface area contributed by atoms with Crippen LogP contribution in [-0.2, 0) is 24.2 Å². The highest BCUT2D eigenvalue weighted by molar-refractivity contribution is 7.15. The average molecular weight is 503 g/mol. The van der Waals surface area contributed by atoms with Crippen LogP contribution in [0.25, 0.3) is 22.2 Å². The number of thiophene rings is 1. The highest BCUT2D eigenvalue weighted by atomic mass is 32.1. The van der Waals surface area contributed by atoms with Crippen LogP contribution in [0.5, 0.6) is 5.75 Å². The Hall–Kier alpha value is -2.79. The van der Waals surface area contributed by atoms with E-state index in [4.69, 9.17) is 14.4 Å². The van der Waals surface area contributed by atoms with Gasteiger partial charge in [0.25, 0.3) is 5.89 Å². The molecule has 0 aliphatic carbocycles. The Bertz CT molecular complexity index is 1140. The predicted octanol–water partition coefficient (Wildman–Crippen LogP) is 2.81. The van der Waals surface area contributed by atoms with Gasteiger partial charge in [-0.2, -0.15) is 4.98 Å². The van der Waals surface area contributed by atoms with E-state index in [-0.39, 0.29) is 13.2 Å². The van der Waals surface area contributed by atoms with Crippen molar-refractivity contribution in [2.45, 2.75) is 46.3 Å². The summed E-state index contributed by atoms with van der Waals surface area (Å²) in [6.07, 6.45) is 0.763. The molecule has 0 aliphatic heterocycles. The van der Waals surface area contributed by atoms with Gasteiger partial charge in [0.15, 0.2) is 0 Å². The van der Waals surface area contributed by atoms with Crippen molar-refractivity contribution in [2.24, 2.45) is 0 Å². The fraction of sp³-hybridized carbons (Fsp3) is 0.480. The zero-order chi connectivity index (χ0) is 25.5. The van der Waals surface area contributed by atoms with Gasteiger partial charge < -0.3 is 29.7 Å². The zero-order valence-corrected chi connectivity index (χ0v) is 21.7. The lowest BCUT2D eigenvalue weighted by atomic mass is 10.0. The van der Waals surface area contributed by atoms with Crippen LogP contribution in [0.3, 0.4) is 0 Å². The van der Waals surface area contributed by atoms with E-state index in [9.17, 15) is 9.90 Å². The Morgan fingerprint density at radius 2 is 1.97 bits per heavy atom. The van der Waals surface area contributed by atoms with Crippen LogP contribution in [-0.4, -0.2) is 71.1 Å². The van der Waals surface area contributed by atoms with E-state index in [2.05, 4.69) is 47.4 Å². The minimum absolute atomic E-state index is 0.00232. The number of nitrogens with one attached hydrogen (secondary N) is 1. The van der Waals surface area contributed by atoms with Crippen LogP contribution < -0.4 is 10.1 Å². The molecule has 1 aromatic carbocycles. The monoisotopic (exact) mass is 502 g/mol. The number of aliphatic hydroxyl groups is 2. The molecule has 2 aromatic heterocycles. The summed E-state index contributed by atoms with van der Waals surface area (Å²) in [7, 11) is 4.11. The lowest BCUT2D eigenvalue weighted by molar-refractivity contribution is -0.124. The summed E-state index contributed by atoms with van der Waals surface area (Å²) in [5.74, 6) is 1.16. The summed E-state index contributed by atoms with van der Waals surface area (Å²) in [5, 5.41) is 25.5. The molecule has 1 amide bonds. The molecule has 1 atom stereocenters. The van der Waals surface area contributed by atoms with Crippen molar-refractivity contribution in [1.29, 1.82) is 0 Å². The van der Waals surface area contributed by atoms with Crippen molar-refractivity contribution in [1.82, 2.24) is 20.4 Å². The van der Waals surface area contributed by atoms with E-state index in [0.717, 1.165) is 34.5 Å². The molecule has 0 bridgehead atoms. The Morgan fingerprint density at radius 1 is 1.23 bits per heavy atom. The van der Waals surface area contributed by atoms with Crippen LogP contribution in [0.4, 0.5) is 0 Å². The first kappa shape index (κ1) is 26.8. The smallest absolute Gasteiger partial charge is 0.268 e. The second-order valence-corrected chi connectivity index (χ2v) is 9.77. The van der Waals surface area contributed by atoms with E-state index in [0.29, 0.717) is 23.9 Å². The number of aromatic nitrogens is 2. The van der Waals surface area contributed by atoms with Crippen LogP contribution >= 0.6 is 11.3 Å². The number of amides is 1. The fourth-order valence-electron chi connectivity index (χ4n) is 3.70. The van der Waals surface area contributed by atoms with Crippen molar-refractivity contribution in [2.75, 3.05) is 33.9 Å². The maximum atomic E-state index is 11.2. The molecule has 190 valence electrons. The molecule has 0 aliphatic rings. The molecule has 0 saturated heterocycles. The second kappa shape index (κ2) is 12.3. The molecule has 9 nitrogen and oxygen atoms in total. The maximum Gasteiger partial charge on any atom is 0.268 e. The summed E-state index contributed by atoms with van der Waals surface area (Å²) in [6, 6.07) is 6.04. The van der Waals surface area contributed by atoms with Crippen molar-refractivity contribution in [3.63, 3.8) is 0 Å². The quantitative estimate of drug-likeness (QED) is 0.346. The first-order chi connectivity index (χ1) is 16.7. The number of nitrogens with zero attached hydrogens (tertiary/aromatic N) is 3. The van der Waals surface area contributed by atoms with E-state index in [1.54, 1.807) is 11.3 Å². The van der Waals surface area contributed by atoms with E-state index < -0.39 is 18.6 Å². The number of benzene rings is 1. The Morgan fingerprint density at radius 3 is 2.63 bits per heavy atom. The summed E-state index contributed by atoms with van der Waals surface area (Å²) in [6.45, 7) is 6.37.